The number of nitrogens with zero attached hydrogens (tertiary/aromatic N) is 4. The number of piperazine rings is 1. The average molecular weight is 605 g/mol. The van der Waals surface area contributed by atoms with Gasteiger partial charge >= 0.3 is 6.18 Å². The molecule has 1 aliphatic rings. The Labute approximate surface area is 254 Å². The van der Waals surface area contributed by atoms with Crippen molar-refractivity contribution < 1.29 is 22.7 Å². The quantitative estimate of drug-likeness (QED) is 0.216. The van der Waals surface area contributed by atoms with Crippen LogP contribution in [0.2, 0.25) is 0 Å². The molecule has 8 nitrogen and oxygen atoms in total. The van der Waals surface area contributed by atoms with Crippen molar-refractivity contribution in [1.82, 2.24) is 14.9 Å². The minimum Gasteiger partial charge on any atom is -0.437 e. The summed E-state index contributed by atoms with van der Waals surface area (Å²) in [5.74, 6) is -1.35. The Bertz CT molecular complexity index is 1600. The number of ether oxygens (including phenoxy) is 1. The van der Waals surface area contributed by atoms with E-state index in [0.717, 1.165) is 49.1 Å². The van der Waals surface area contributed by atoms with Gasteiger partial charge in [-0.15, -0.1) is 0 Å². The highest BCUT2D eigenvalue weighted by Crippen LogP contribution is 2.38. The highest BCUT2D eigenvalue weighted by atomic mass is 19.4. The minimum atomic E-state index is -4.67. The number of aryl methyl sites for hydroxylation is 2. The van der Waals surface area contributed by atoms with Crippen molar-refractivity contribution in [3.8, 4) is 11.6 Å². The number of benzene rings is 3. The molecule has 1 aliphatic heterocycles. The van der Waals surface area contributed by atoms with Gasteiger partial charge in [-0.1, -0.05) is 30.3 Å². The van der Waals surface area contributed by atoms with Crippen molar-refractivity contribution in [3.05, 3.63) is 95.2 Å². The zero-order chi connectivity index (χ0) is 31.4. The molecule has 0 radical (unpaired) electrons. The summed E-state index contributed by atoms with van der Waals surface area (Å²) >= 11 is 0. The average Bonchev–Trinajstić information content (AvgIpc) is 2.99. The summed E-state index contributed by atoms with van der Waals surface area (Å²) in [6.07, 6.45) is -3.43. The molecule has 0 unspecified atom stereocenters. The van der Waals surface area contributed by atoms with E-state index in [-0.39, 0.29) is 17.4 Å². The lowest BCUT2D eigenvalue weighted by atomic mass is 10.1. The van der Waals surface area contributed by atoms with Gasteiger partial charge in [0, 0.05) is 55.5 Å². The maximum atomic E-state index is 13.8. The van der Waals surface area contributed by atoms with E-state index in [2.05, 4.69) is 44.2 Å². The van der Waals surface area contributed by atoms with Gasteiger partial charge in [0.2, 0.25) is 11.8 Å². The van der Waals surface area contributed by atoms with Crippen molar-refractivity contribution in [2.45, 2.75) is 39.9 Å². The Morgan fingerprint density at radius 3 is 2.20 bits per heavy atom. The van der Waals surface area contributed by atoms with Crippen LogP contribution in [-0.2, 0) is 6.18 Å². The Balaban J connectivity index is 1.41. The second-order valence-corrected chi connectivity index (χ2v) is 11.0. The highest BCUT2D eigenvalue weighted by Gasteiger charge is 2.35. The molecule has 2 heterocycles. The lowest BCUT2D eigenvalue weighted by molar-refractivity contribution is -0.138. The van der Waals surface area contributed by atoms with Gasteiger partial charge in [0.1, 0.15) is 11.3 Å². The van der Waals surface area contributed by atoms with E-state index < -0.39 is 23.4 Å². The van der Waals surface area contributed by atoms with Gasteiger partial charge in [-0.05, 0) is 75.2 Å². The number of aromatic nitrogens is 2. The van der Waals surface area contributed by atoms with Crippen LogP contribution in [0.15, 0.2) is 72.9 Å². The Kier molecular flexibility index (Phi) is 9.05. The molecule has 11 heteroatoms. The fourth-order valence-electron chi connectivity index (χ4n) is 5.13. The number of carbonyl (C=O) groups is 1. The molecule has 44 heavy (non-hydrogen) atoms. The van der Waals surface area contributed by atoms with E-state index in [1.54, 1.807) is 0 Å². The standard InChI is InChI=1S/C33H35F3N6O2/c1-21(2)41-16-18-42(19-17-41)25-14-12-24(13-15-25)38-32-37-20-26(30(43)39-29-22(3)8-7-9-23(29)4)31(40-32)44-28-11-6-5-10-27(28)33(34,35)36/h5-15,20-21H,16-19H2,1-4H3,(H,39,43)(H,37,38,40). The zero-order valence-electron chi connectivity index (χ0n) is 25.1. The molecule has 4 aromatic rings. The number of nitrogens with one attached hydrogen (secondary N) is 2. The molecule has 230 valence electrons. The fraction of sp³-hybridized carbons (Fsp3) is 0.303. The van der Waals surface area contributed by atoms with E-state index in [4.69, 9.17) is 4.74 Å². The summed E-state index contributed by atoms with van der Waals surface area (Å²) in [4.78, 5) is 26.8. The van der Waals surface area contributed by atoms with Crippen molar-refractivity contribution in [3.63, 3.8) is 0 Å². The first-order chi connectivity index (χ1) is 21.0. The van der Waals surface area contributed by atoms with Gasteiger partial charge in [0.05, 0.1) is 5.56 Å². The molecule has 1 fully saturated rings. The smallest absolute Gasteiger partial charge is 0.419 e. The van der Waals surface area contributed by atoms with Crippen LogP contribution < -0.4 is 20.3 Å². The van der Waals surface area contributed by atoms with Crippen LogP contribution in [0.25, 0.3) is 0 Å². The van der Waals surface area contributed by atoms with Gasteiger partial charge in [0.15, 0.2) is 0 Å². The summed E-state index contributed by atoms with van der Waals surface area (Å²) < 4.78 is 47.0. The van der Waals surface area contributed by atoms with Crippen LogP contribution >= 0.6 is 0 Å². The molecule has 1 aromatic heterocycles. The van der Waals surface area contributed by atoms with Gasteiger partial charge < -0.3 is 20.3 Å². The van der Waals surface area contributed by atoms with Gasteiger partial charge in [-0.3, -0.25) is 9.69 Å². The van der Waals surface area contributed by atoms with Crippen LogP contribution in [0, 0.1) is 13.8 Å². The first-order valence-corrected chi connectivity index (χ1v) is 14.4. The zero-order valence-corrected chi connectivity index (χ0v) is 25.1. The second kappa shape index (κ2) is 12.9. The van der Waals surface area contributed by atoms with Gasteiger partial charge in [-0.25, -0.2) is 4.98 Å². The monoisotopic (exact) mass is 604 g/mol. The number of anilines is 4. The molecule has 0 spiro atoms. The number of halogens is 3. The summed E-state index contributed by atoms with van der Waals surface area (Å²) in [5.41, 5.74) is 2.90. The minimum absolute atomic E-state index is 0.0615. The van der Waals surface area contributed by atoms with Crippen molar-refractivity contribution >= 4 is 28.9 Å². The highest BCUT2D eigenvalue weighted by molar-refractivity contribution is 6.06. The lowest BCUT2D eigenvalue weighted by Crippen LogP contribution is -2.48. The van der Waals surface area contributed by atoms with E-state index in [9.17, 15) is 18.0 Å². The molecule has 0 atom stereocenters. The molecule has 0 saturated carbocycles. The summed E-state index contributed by atoms with van der Waals surface area (Å²) in [6, 6.07) is 18.6. The summed E-state index contributed by atoms with van der Waals surface area (Å²) in [5, 5.41) is 5.91. The molecule has 1 saturated heterocycles. The number of carbonyl (C=O) groups excluding carboxylic acids is 1. The lowest BCUT2D eigenvalue weighted by Gasteiger charge is -2.38. The number of para-hydroxylation sites is 2. The summed E-state index contributed by atoms with van der Waals surface area (Å²) in [7, 11) is 0. The predicted molar refractivity (Wildman–Crippen MR) is 166 cm³/mol. The number of alkyl halides is 3. The van der Waals surface area contributed by atoms with Crippen molar-refractivity contribution in [2.24, 2.45) is 0 Å². The SMILES string of the molecule is Cc1cccc(C)c1NC(=O)c1cnc(Nc2ccc(N3CCN(C(C)C)CC3)cc2)nc1Oc1ccccc1C(F)(F)F. The van der Waals surface area contributed by atoms with Crippen molar-refractivity contribution in [2.75, 3.05) is 41.7 Å². The molecule has 3 aromatic carbocycles. The Morgan fingerprint density at radius 1 is 0.909 bits per heavy atom. The first-order valence-electron chi connectivity index (χ1n) is 14.4. The third-order valence-electron chi connectivity index (χ3n) is 7.65. The molecule has 1 amide bonds. The maximum Gasteiger partial charge on any atom is 0.419 e. The topological polar surface area (TPSA) is 82.6 Å². The number of hydrogen-bond donors (Lipinski definition) is 2. The Morgan fingerprint density at radius 2 is 1.57 bits per heavy atom. The van der Waals surface area contributed by atoms with E-state index >= 15 is 0 Å². The molecular formula is C33H35F3N6O2. The van der Waals surface area contributed by atoms with Crippen LogP contribution in [0.1, 0.15) is 40.9 Å². The molecule has 0 bridgehead atoms. The Hall–Kier alpha value is -4.64. The number of amides is 1. The second-order valence-electron chi connectivity index (χ2n) is 11.0. The van der Waals surface area contributed by atoms with E-state index in [1.165, 1.54) is 24.4 Å². The third-order valence-corrected chi connectivity index (χ3v) is 7.65. The number of rotatable bonds is 8. The van der Waals surface area contributed by atoms with Crippen LogP contribution in [-0.4, -0.2) is 53.0 Å². The van der Waals surface area contributed by atoms with E-state index in [1.807, 2.05) is 56.3 Å². The van der Waals surface area contributed by atoms with Gasteiger partial charge in [0.25, 0.3) is 5.91 Å². The number of hydrogen-bond acceptors (Lipinski definition) is 7. The van der Waals surface area contributed by atoms with E-state index in [0.29, 0.717) is 17.4 Å². The van der Waals surface area contributed by atoms with Crippen LogP contribution in [0.3, 0.4) is 0 Å². The first kappa shape index (κ1) is 30.8. The summed E-state index contributed by atoms with van der Waals surface area (Å²) in [6.45, 7) is 11.9. The third kappa shape index (κ3) is 7.11. The predicted octanol–water partition coefficient (Wildman–Crippen LogP) is 7.43. The van der Waals surface area contributed by atoms with Crippen LogP contribution in [0.4, 0.5) is 36.2 Å². The normalized spacial score (nSPS) is 14.0. The maximum absolute atomic E-state index is 13.8. The fourth-order valence-corrected chi connectivity index (χ4v) is 5.13. The molecule has 0 aliphatic carbocycles. The molecule has 5 rings (SSSR count). The molecule has 2 N–H and O–H groups in total. The van der Waals surface area contributed by atoms with Crippen LogP contribution in [0.5, 0.6) is 11.6 Å². The van der Waals surface area contributed by atoms with Crippen molar-refractivity contribution in [1.29, 1.82) is 0 Å². The molecular weight excluding hydrogens is 569 g/mol. The largest absolute Gasteiger partial charge is 0.437 e. The van der Waals surface area contributed by atoms with Gasteiger partial charge in [-0.2, -0.15) is 18.2 Å².